The lowest BCUT2D eigenvalue weighted by molar-refractivity contribution is -0.0878. The molecule has 0 bridgehead atoms. The number of rotatable bonds is 3. The van der Waals surface area contributed by atoms with Gasteiger partial charge in [-0.25, -0.2) is 0 Å². The van der Waals surface area contributed by atoms with Crippen LogP contribution in [0.1, 0.15) is 12.0 Å². The highest BCUT2D eigenvalue weighted by Crippen LogP contribution is 2.32. The van der Waals surface area contributed by atoms with Gasteiger partial charge in [-0.3, -0.25) is 0 Å². The Morgan fingerprint density at radius 3 is 2.29 bits per heavy atom. The number of aliphatic hydroxyl groups is 2. The monoisotopic (exact) mass is 275 g/mol. The van der Waals surface area contributed by atoms with Crippen molar-refractivity contribution in [1.29, 1.82) is 0 Å². The quantitative estimate of drug-likeness (QED) is 0.885. The van der Waals surface area contributed by atoms with Gasteiger partial charge in [0.05, 0.1) is 29.0 Å². The maximum Gasteiger partial charge on any atom is 0.188 e. The molecule has 1 heterocycles. The Balaban J connectivity index is 2.32. The van der Waals surface area contributed by atoms with Crippen molar-refractivity contribution in [2.45, 2.75) is 12.0 Å². The topological polar surface area (TPSA) is 62.0 Å². The summed E-state index contributed by atoms with van der Waals surface area (Å²) >= 11 is 12.1. The van der Waals surface area contributed by atoms with E-state index in [4.69, 9.17) is 28.0 Å². The molecule has 0 aromatic heterocycles. The molecule has 0 unspecified atom stereocenters. The highest BCUT2D eigenvalue weighted by atomic mass is 35.5. The third kappa shape index (κ3) is 2.26. The third-order valence-corrected chi connectivity index (χ3v) is 3.30. The number of hydrogen-bond acceptors (Lipinski definition) is 4. The summed E-state index contributed by atoms with van der Waals surface area (Å²) in [5.41, 5.74) is 0.0426. The number of nitrogens with zero attached hydrogens (tertiary/aromatic N) is 1. The predicted molar refractivity (Wildman–Crippen MR) is 65.6 cm³/mol. The van der Waals surface area contributed by atoms with Gasteiger partial charge in [-0.15, -0.1) is 0 Å². The zero-order valence-electron chi connectivity index (χ0n) is 8.86. The Kier molecular flexibility index (Phi) is 3.58. The first kappa shape index (κ1) is 12.6. The maximum atomic E-state index is 9.20. The summed E-state index contributed by atoms with van der Waals surface area (Å²) < 4.78 is 0. The molecule has 0 aliphatic carbocycles. The van der Waals surface area contributed by atoms with Crippen LogP contribution >= 0.6 is 23.2 Å². The molecule has 1 aliphatic rings. The predicted octanol–water partition coefficient (Wildman–Crippen LogP) is 1.84. The molecule has 0 fully saturated rings. The fourth-order valence-corrected chi connectivity index (χ4v) is 2.26. The van der Waals surface area contributed by atoms with Crippen molar-refractivity contribution in [3.63, 3.8) is 0 Å². The molecule has 4 nitrogen and oxygen atoms in total. The van der Waals surface area contributed by atoms with Crippen LogP contribution in [0.15, 0.2) is 23.4 Å². The first-order valence-electron chi connectivity index (χ1n) is 5.03. The molecule has 0 saturated carbocycles. The number of benzene rings is 1. The van der Waals surface area contributed by atoms with E-state index in [1.165, 1.54) is 0 Å². The minimum atomic E-state index is -1.07. The van der Waals surface area contributed by atoms with Crippen molar-refractivity contribution in [3.05, 3.63) is 33.8 Å². The standard InChI is InChI=1S/C11H11Cl2NO3/c12-7-2-1-3-8(13)10(7)9-4-11(5-15,6-16)17-14-9/h1-3,15-16H,4-6H2. The molecule has 0 atom stereocenters. The zero-order valence-corrected chi connectivity index (χ0v) is 10.4. The summed E-state index contributed by atoms with van der Waals surface area (Å²) in [7, 11) is 0. The van der Waals surface area contributed by atoms with Gasteiger partial charge < -0.3 is 15.1 Å². The van der Waals surface area contributed by atoms with Crippen molar-refractivity contribution in [1.82, 2.24) is 0 Å². The van der Waals surface area contributed by atoms with Crippen molar-refractivity contribution < 1.29 is 15.1 Å². The van der Waals surface area contributed by atoms with Gasteiger partial charge in [0.25, 0.3) is 0 Å². The SMILES string of the molecule is OCC1(CO)CC(c2c(Cl)cccc2Cl)=NO1. The largest absolute Gasteiger partial charge is 0.392 e. The van der Waals surface area contributed by atoms with E-state index in [2.05, 4.69) is 5.16 Å². The Morgan fingerprint density at radius 1 is 1.24 bits per heavy atom. The number of oxime groups is 1. The summed E-state index contributed by atoms with van der Waals surface area (Å²) in [6, 6.07) is 5.13. The summed E-state index contributed by atoms with van der Waals surface area (Å²) in [5.74, 6) is 0. The molecule has 0 saturated heterocycles. The molecule has 92 valence electrons. The van der Waals surface area contributed by atoms with Gasteiger partial charge in [-0.1, -0.05) is 34.4 Å². The lowest BCUT2D eigenvalue weighted by Crippen LogP contribution is -2.37. The minimum absolute atomic E-state index is 0.267. The van der Waals surface area contributed by atoms with Gasteiger partial charge in [0.15, 0.2) is 5.60 Å². The molecule has 0 radical (unpaired) electrons. The number of hydrogen-bond donors (Lipinski definition) is 2. The summed E-state index contributed by atoms with van der Waals surface area (Å²) in [6.07, 6.45) is 0.267. The minimum Gasteiger partial charge on any atom is -0.392 e. The molecule has 1 aromatic carbocycles. The average molecular weight is 276 g/mol. The van der Waals surface area contributed by atoms with Crippen molar-refractivity contribution >= 4 is 28.9 Å². The van der Waals surface area contributed by atoms with E-state index in [-0.39, 0.29) is 19.6 Å². The highest BCUT2D eigenvalue weighted by molar-refractivity contribution is 6.40. The van der Waals surface area contributed by atoms with Crippen LogP contribution in [0.4, 0.5) is 0 Å². The lowest BCUT2D eigenvalue weighted by atomic mass is 9.95. The molecule has 1 aromatic rings. The van der Waals surface area contributed by atoms with E-state index < -0.39 is 5.60 Å². The fourth-order valence-electron chi connectivity index (χ4n) is 1.65. The Bertz CT molecular complexity index is 438. The van der Waals surface area contributed by atoms with Gasteiger partial charge in [-0.05, 0) is 12.1 Å². The van der Waals surface area contributed by atoms with Gasteiger partial charge in [0, 0.05) is 12.0 Å². The first-order valence-corrected chi connectivity index (χ1v) is 5.78. The highest BCUT2D eigenvalue weighted by Gasteiger charge is 2.39. The van der Waals surface area contributed by atoms with Gasteiger partial charge in [0.2, 0.25) is 0 Å². The lowest BCUT2D eigenvalue weighted by Gasteiger charge is -2.20. The van der Waals surface area contributed by atoms with E-state index >= 15 is 0 Å². The summed E-state index contributed by atoms with van der Waals surface area (Å²) in [4.78, 5) is 5.09. The molecular formula is C11H11Cl2NO3. The van der Waals surface area contributed by atoms with Crippen LogP contribution in [-0.4, -0.2) is 34.7 Å². The van der Waals surface area contributed by atoms with Crippen LogP contribution in [0.5, 0.6) is 0 Å². The summed E-state index contributed by atoms with van der Waals surface area (Å²) in [5, 5.41) is 23.2. The van der Waals surface area contributed by atoms with E-state index in [0.29, 0.717) is 21.3 Å². The van der Waals surface area contributed by atoms with Crippen molar-refractivity contribution in [3.8, 4) is 0 Å². The number of halogens is 2. The molecule has 6 heteroatoms. The normalized spacial score (nSPS) is 17.8. The average Bonchev–Trinajstić information content (AvgIpc) is 2.74. The second kappa shape index (κ2) is 4.82. The number of aliphatic hydroxyl groups excluding tert-OH is 2. The van der Waals surface area contributed by atoms with E-state index in [0.717, 1.165) is 0 Å². The summed E-state index contributed by atoms with van der Waals surface area (Å²) in [6.45, 7) is -0.642. The van der Waals surface area contributed by atoms with Crippen molar-refractivity contribution in [2.75, 3.05) is 13.2 Å². The Morgan fingerprint density at radius 2 is 1.82 bits per heavy atom. The molecule has 0 amide bonds. The third-order valence-electron chi connectivity index (χ3n) is 2.67. The van der Waals surface area contributed by atoms with Crippen LogP contribution in [0, 0.1) is 0 Å². The van der Waals surface area contributed by atoms with Gasteiger partial charge in [-0.2, -0.15) is 0 Å². The molecule has 1 aliphatic heterocycles. The Labute approximate surface area is 108 Å². The van der Waals surface area contributed by atoms with Gasteiger partial charge >= 0.3 is 0 Å². The van der Waals surface area contributed by atoms with Crippen LogP contribution < -0.4 is 0 Å². The van der Waals surface area contributed by atoms with Crippen LogP contribution in [-0.2, 0) is 4.84 Å². The molecule has 17 heavy (non-hydrogen) atoms. The Hall–Kier alpha value is -0.810. The van der Waals surface area contributed by atoms with Crippen LogP contribution in [0.25, 0.3) is 0 Å². The second-order valence-electron chi connectivity index (χ2n) is 3.90. The molecule has 0 spiro atoms. The van der Waals surface area contributed by atoms with Crippen LogP contribution in [0.3, 0.4) is 0 Å². The van der Waals surface area contributed by atoms with E-state index in [9.17, 15) is 10.2 Å². The van der Waals surface area contributed by atoms with Crippen molar-refractivity contribution in [2.24, 2.45) is 5.16 Å². The van der Waals surface area contributed by atoms with E-state index in [1.807, 2.05) is 0 Å². The molecule has 2 N–H and O–H groups in total. The fraction of sp³-hybridized carbons (Fsp3) is 0.364. The molecule has 2 rings (SSSR count). The van der Waals surface area contributed by atoms with Gasteiger partial charge in [0.1, 0.15) is 0 Å². The van der Waals surface area contributed by atoms with Crippen LogP contribution in [0.2, 0.25) is 10.0 Å². The second-order valence-corrected chi connectivity index (χ2v) is 4.72. The smallest absolute Gasteiger partial charge is 0.188 e. The molecular weight excluding hydrogens is 265 g/mol. The van der Waals surface area contributed by atoms with E-state index in [1.54, 1.807) is 18.2 Å². The maximum absolute atomic E-state index is 9.20. The first-order chi connectivity index (χ1) is 8.12. The zero-order chi connectivity index (χ0) is 12.5.